The Balaban J connectivity index is 0.000000184. The molecule has 0 amide bonds. The molecule has 41 heavy (non-hydrogen) atoms. The number of nitrogens with two attached hydrogens (primary N) is 1. The number of nitrogen functional groups attached to an aromatic ring is 1. The van der Waals surface area contributed by atoms with Crippen LogP contribution in [0.5, 0.6) is 0 Å². The molecule has 208 valence electrons. The van der Waals surface area contributed by atoms with E-state index in [0.29, 0.717) is 45.4 Å². The molecule has 0 radical (unpaired) electrons. The molecular weight excluding hydrogens is 528 g/mol. The lowest BCUT2D eigenvalue weighted by Crippen LogP contribution is -1.93. The Bertz CT molecular complexity index is 1630. The first-order valence-corrected chi connectivity index (χ1v) is 12.0. The van der Waals surface area contributed by atoms with Gasteiger partial charge in [-0.3, -0.25) is 9.97 Å². The Morgan fingerprint density at radius 2 is 1.15 bits per heavy atom. The number of anilines is 1. The number of rotatable bonds is 4. The van der Waals surface area contributed by atoms with Crippen LogP contribution in [0.2, 0.25) is 0 Å². The summed E-state index contributed by atoms with van der Waals surface area (Å²) < 4.78 is 27.7. The highest BCUT2D eigenvalue weighted by Crippen LogP contribution is 2.26. The van der Waals surface area contributed by atoms with Crippen molar-refractivity contribution < 1.29 is 8.78 Å². The third-order valence-corrected chi connectivity index (χ3v) is 5.74. The van der Waals surface area contributed by atoms with Gasteiger partial charge in [0.1, 0.15) is 23.0 Å². The van der Waals surface area contributed by atoms with Crippen molar-refractivity contribution in [2.45, 2.75) is 14.4 Å². The van der Waals surface area contributed by atoms with Crippen molar-refractivity contribution in [3.8, 4) is 45.3 Å². The molecule has 4 heterocycles. The van der Waals surface area contributed by atoms with E-state index in [2.05, 4.69) is 40.8 Å². The number of pyridine rings is 2. The fraction of sp³-hybridized carbons (Fsp3) is 0.143. The van der Waals surface area contributed by atoms with Crippen LogP contribution < -0.4 is 5.73 Å². The van der Waals surface area contributed by atoms with Crippen molar-refractivity contribution in [1.29, 1.82) is 0 Å². The van der Waals surface area contributed by atoms with Gasteiger partial charge < -0.3 is 5.73 Å². The number of tetrazole rings is 2. The van der Waals surface area contributed by atoms with Crippen LogP contribution in [0.4, 0.5) is 14.5 Å². The first-order valence-electron chi connectivity index (χ1n) is 12.0. The fourth-order valence-corrected chi connectivity index (χ4v) is 3.76. The molecule has 0 unspecified atom stereocenters. The van der Waals surface area contributed by atoms with Crippen molar-refractivity contribution in [1.82, 2.24) is 50.4 Å². The maximum atomic E-state index is 13.9. The molecule has 2 aromatic carbocycles. The summed E-state index contributed by atoms with van der Waals surface area (Å²) in [6.45, 7) is 1.86. The van der Waals surface area contributed by atoms with Gasteiger partial charge in [0.15, 0.2) is 0 Å². The predicted octanol–water partition coefficient (Wildman–Crippen LogP) is 4.68. The van der Waals surface area contributed by atoms with Gasteiger partial charge in [-0.2, -0.15) is 9.59 Å². The fourth-order valence-electron chi connectivity index (χ4n) is 3.76. The predicted molar refractivity (Wildman–Crippen MR) is 151 cm³/mol. The van der Waals surface area contributed by atoms with Gasteiger partial charge in [-0.25, -0.2) is 8.78 Å². The molecular formula is C28H27F2N11. The highest BCUT2D eigenvalue weighted by atomic mass is 19.1. The lowest BCUT2D eigenvalue weighted by Gasteiger charge is -2.04. The van der Waals surface area contributed by atoms with Crippen molar-refractivity contribution in [2.75, 3.05) is 5.73 Å². The highest BCUT2D eigenvalue weighted by molar-refractivity contribution is 5.67. The van der Waals surface area contributed by atoms with Crippen LogP contribution in [0.1, 0.15) is 13.0 Å². The Morgan fingerprint density at radius 1 is 0.659 bits per heavy atom. The summed E-state index contributed by atoms with van der Waals surface area (Å²) in [5.74, 6) is 0.245. The van der Waals surface area contributed by atoms with Gasteiger partial charge in [0.25, 0.3) is 0 Å². The van der Waals surface area contributed by atoms with Crippen LogP contribution in [0.3, 0.4) is 0 Å². The topological polar surface area (TPSA) is 139 Å². The van der Waals surface area contributed by atoms with E-state index in [1.54, 1.807) is 69.0 Å². The van der Waals surface area contributed by atoms with Crippen LogP contribution >= 0.6 is 0 Å². The summed E-state index contributed by atoms with van der Waals surface area (Å²) in [6.07, 6.45) is 3.18. The number of nitrogens with zero attached hydrogens (tertiary/aromatic N) is 10. The molecule has 6 rings (SSSR count). The molecule has 0 saturated heterocycles. The number of aryl methyl sites for hydroxylation is 3. The molecule has 11 nitrogen and oxygen atoms in total. The Labute approximate surface area is 234 Å². The maximum Gasteiger partial charge on any atom is 0.223 e. The molecule has 0 bridgehead atoms. The van der Waals surface area contributed by atoms with Crippen LogP contribution in [-0.4, -0.2) is 50.4 Å². The second kappa shape index (κ2) is 12.2. The Morgan fingerprint density at radius 3 is 1.54 bits per heavy atom. The number of aromatic nitrogens is 10. The van der Waals surface area contributed by atoms with Crippen LogP contribution in [0.25, 0.3) is 45.3 Å². The molecule has 0 aliphatic heterocycles. The minimum Gasteiger partial charge on any atom is -0.399 e. The summed E-state index contributed by atoms with van der Waals surface area (Å²) in [5, 5.41) is 23.4. The van der Waals surface area contributed by atoms with Gasteiger partial charge in [-0.05, 0) is 59.3 Å². The van der Waals surface area contributed by atoms with Gasteiger partial charge in [0.2, 0.25) is 11.6 Å². The van der Waals surface area contributed by atoms with E-state index in [4.69, 9.17) is 5.73 Å². The minimum absolute atomic E-state index is 0. The number of benzene rings is 2. The second-order valence-electron chi connectivity index (χ2n) is 8.79. The molecule has 0 spiro atoms. The Hall–Kier alpha value is -5.46. The van der Waals surface area contributed by atoms with Crippen molar-refractivity contribution in [3.05, 3.63) is 90.3 Å². The van der Waals surface area contributed by atoms with E-state index in [1.807, 2.05) is 13.0 Å². The lowest BCUT2D eigenvalue weighted by atomic mass is 10.0. The molecule has 0 atom stereocenters. The average Bonchev–Trinajstić information content (AvgIpc) is 3.58. The quantitative estimate of drug-likeness (QED) is 0.307. The second-order valence-corrected chi connectivity index (χ2v) is 8.79. The number of hydrogen-bond donors (Lipinski definition) is 1. The standard InChI is InChI=1S/C14H12FN5.C13H11FN6.CH4/c1-9-3-5-11(12(15)7-9)10-4-6-13(16-8-10)14-17-19-20(2)18-14;1-20-18-13(17-19-20)12-5-2-8(7-16-12)10-4-3-9(15)6-11(10)14;/h3-8H,1-2H3;2-7H,15H2,1H3;1H4. The molecule has 2 N–H and O–H groups in total. The summed E-state index contributed by atoms with van der Waals surface area (Å²) in [4.78, 5) is 11.2. The average molecular weight is 556 g/mol. The van der Waals surface area contributed by atoms with Crippen molar-refractivity contribution >= 4 is 5.69 Å². The van der Waals surface area contributed by atoms with E-state index < -0.39 is 0 Å². The van der Waals surface area contributed by atoms with Crippen LogP contribution in [-0.2, 0) is 14.1 Å². The smallest absolute Gasteiger partial charge is 0.223 e. The summed E-state index contributed by atoms with van der Waals surface area (Å²) in [7, 11) is 3.36. The number of hydrogen-bond acceptors (Lipinski definition) is 9. The van der Waals surface area contributed by atoms with E-state index in [1.165, 1.54) is 21.7 Å². The monoisotopic (exact) mass is 555 g/mol. The van der Waals surface area contributed by atoms with Crippen molar-refractivity contribution in [2.24, 2.45) is 14.1 Å². The van der Waals surface area contributed by atoms with Crippen LogP contribution in [0, 0.1) is 18.6 Å². The maximum absolute atomic E-state index is 13.9. The zero-order chi connectivity index (χ0) is 28.2. The van der Waals surface area contributed by atoms with Gasteiger partial charge in [-0.15, -0.1) is 20.4 Å². The SMILES string of the molecule is C.Cc1ccc(-c2ccc(-c3nnn(C)n3)nc2)c(F)c1.Cn1nnc(-c2ccc(-c3ccc(N)cc3F)cn2)n1. The third-order valence-electron chi connectivity index (χ3n) is 5.74. The van der Waals surface area contributed by atoms with E-state index in [9.17, 15) is 8.78 Å². The van der Waals surface area contributed by atoms with E-state index in [0.717, 1.165) is 11.1 Å². The van der Waals surface area contributed by atoms with Gasteiger partial charge in [0.05, 0.1) is 14.1 Å². The molecule has 6 aromatic rings. The normalized spacial score (nSPS) is 10.5. The molecule has 0 aliphatic carbocycles. The molecule has 13 heteroatoms. The Kier molecular flexibility index (Phi) is 8.46. The first kappa shape index (κ1) is 28.5. The zero-order valence-corrected chi connectivity index (χ0v) is 21.7. The largest absolute Gasteiger partial charge is 0.399 e. The molecule has 0 fully saturated rings. The third kappa shape index (κ3) is 6.58. The lowest BCUT2D eigenvalue weighted by molar-refractivity contribution is 0.630. The van der Waals surface area contributed by atoms with Crippen LogP contribution in [0.15, 0.2) is 73.1 Å². The zero-order valence-electron chi connectivity index (χ0n) is 21.7. The first-order chi connectivity index (χ1) is 19.3. The summed E-state index contributed by atoms with van der Waals surface area (Å²) in [6, 6.07) is 16.7. The minimum atomic E-state index is -0.378. The summed E-state index contributed by atoms with van der Waals surface area (Å²) >= 11 is 0. The molecule has 0 saturated carbocycles. The van der Waals surface area contributed by atoms with Gasteiger partial charge in [0, 0.05) is 40.3 Å². The van der Waals surface area contributed by atoms with Crippen molar-refractivity contribution in [3.63, 3.8) is 0 Å². The molecule has 4 aromatic heterocycles. The highest BCUT2D eigenvalue weighted by Gasteiger charge is 2.10. The van der Waals surface area contributed by atoms with E-state index >= 15 is 0 Å². The van der Waals surface area contributed by atoms with Gasteiger partial charge in [-0.1, -0.05) is 31.7 Å². The summed E-state index contributed by atoms with van der Waals surface area (Å²) in [5.41, 5.74) is 10.3. The molecule has 0 aliphatic rings. The van der Waals surface area contributed by atoms with Gasteiger partial charge >= 0.3 is 0 Å². The number of halogens is 2. The van der Waals surface area contributed by atoms with E-state index in [-0.39, 0.29) is 19.1 Å².